The molecular weight excluding hydrogens is 262 g/mol. The van der Waals surface area contributed by atoms with Gasteiger partial charge in [0.15, 0.2) is 0 Å². The number of primary amides is 1. The third-order valence-corrected chi connectivity index (χ3v) is 2.49. The van der Waals surface area contributed by atoms with Gasteiger partial charge in [0, 0.05) is 11.3 Å². The molecular formula is C12H13N5O3. The number of rotatable bonds is 5. The standard InChI is InChI=1S/C12H13N5O3/c13-9(5-10(14)18)11(19)16-8-3-1-2-7(4-8)12-17-15-6-20-12/h1-4,6,9H,5,13H2,(H2,14,18)(H,16,19). The average molecular weight is 275 g/mol. The van der Waals surface area contributed by atoms with Crippen molar-refractivity contribution >= 4 is 17.5 Å². The molecule has 1 aromatic carbocycles. The van der Waals surface area contributed by atoms with Crippen LogP contribution in [0.15, 0.2) is 35.1 Å². The summed E-state index contributed by atoms with van der Waals surface area (Å²) in [6.07, 6.45) is 0.999. The molecule has 0 aliphatic heterocycles. The van der Waals surface area contributed by atoms with E-state index in [1.54, 1.807) is 24.3 Å². The van der Waals surface area contributed by atoms with Crippen molar-refractivity contribution in [2.24, 2.45) is 11.5 Å². The maximum absolute atomic E-state index is 11.8. The molecule has 0 aliphatic carbocycles. The number of hydrogen-bond donors (Lipinski definition) is 3. The maximum Gasteiger partial charge on any atom is 0.247 e. The number of nitrogens with zero attached hydrogens (tertiary/aromatic N) is 2. The molecule has 0 bridgehead atoms. The van der Waals surface area contributed by atoms with E-state index in [2.05, 4.69) is 15.5 Å². The predicted octanol–water partition coefficient (Wildman–Crippen LogP) is -0.122. The van der Waals surface area contributed by atoms with Crippen LogP contribution in [-0.2, 0) is 9.59 Å². The minimum Gasteiger partial charge on any atom is -0.423 e. The van der Waals surface area contributed by atoms with Crippen molar-refractivity contribution in [2.75, 3.05) is 5.32 Å². The summed E-state index contributed by atoms with van der Waals surface area (Å²) in [6.45, 7) is 0. The van der Waals surface area contributed by atoms with Gasteiger partial charge in [0.1, 0.15) is 0 Å². The van der Waals surface area contributed by atoms with Crippen LogP contribution >= 0.6 is 0 Å². The fourth-order valence-corrected chi connectivity index (χ4v) is 1.57. The Morgan fingerprint density at radius 2 is 2.20 bits per heavy atom. The zero-order chi connectivity index (χ0) is 14.5. The number of anilines is 1. The molecule has 0 radical (unpaired) electrons. The van der Waals surface area contributed by atoms with E-state index in [9.17, 15) is 9.59 Å². The topological polar surface area (TPSA) is 137 Å². The Labute approximate surface area is 114 Å². The van der Waals surface area contributed by atoms with Crippen molar-refractivity contribution < 1.29 is 14.0 Å². The zero-order valence-electron chi connectivity index (χ0n) is 10.4. The van der Waals surface area contributed by atoms with Gasteiger partial charge >= 0.3 is 0 Å². The summed E-state index contributed by atoms with van der Waals surface area (Å²) in [6, 6.07) is 5.82. The molecule has 2 aromatic rings. The Balaban J connectivity index is 2.08. The maximum atomic E-state index is 11.8. The molecule has 1 atom stereocenters. The minimum atomic E-state index is -0.987. The highest BCUT2D eigenvalue weighted by molar-refractivity contribution is 5.97. The minimum absolute atomic E-state index is 0.213. The first-order chi connectivity index (χ1) is 9.56. The van der Waals surface area contributed by atoms with Crippen LogP contribution in [0, 0.1) is 0 Å². The molecule has 1 heterocycles. The van der Waals surface area contributed by atoms with E-state index in [0.717, 1.165) is 0 Å². The smallest absolute Gasteiger partial charge is 0.247 e. The van der Waals surface area contributed by atoms with E-state index in [-0.39, 0.29) is 6.42 Å². The summed E-state index contributed by atoms with van der Waals surface area (Å²) < 4.78 is 5.06. The number of amides is 2. The molecule has 8 nitrogen and oxygen atoms in total. The second kappa shape index (κ2) is 5.93. The molecule has 0 spiro atoms. The lowest BCUT2D eigenvalue weighted by Gasteiger charge is -2.10. The van der Waals surface area contributed by atoms with Crippen molar-refractivity contribution in [1.82, 2.24) is 10.2 Å². The monoisotopic (exact) mass is 275 g/mol. The molecule has 0 fully saturated rings. The number of hydrogen-bond acceptors (Lipinski definition) is 6. The third-order valence-electron chi connectivity index (χ3n) is 2.49. The highest BCUT2D eigenvalue weighted by Gasteiger charge is 2.16. The molecule has 5 N–H and O–H groups in total. The molecule has 2 rings (SSSR count). The predicted molar refractivity (Wildman–Crippen MR) is 70.2 cm³/mol. The molecule has 0 saturated heterocycles. The number of carbonyl (C=O) groups is 2. The normalized spacial score (nSPS) is 11.8. The van der Waals surface area contributed by atoms with Crippen LogP contribution in [0.3, 0.4) is 0 Å². The third kappa shape index (κ3) is 3.39. The Kier molecular flexibility index (Phi) is 4.06. The molecule has 8 heteroatoms. The van der Waals surface area contributed by atoms with Gasteiger partial charge in [0.25, 0.3) is 0 Å². The second-order valence-electron chi connectivity index (χ2n) is 4.09. The van der Waals surface area contributed by atoms with Gasteiger partial charge in [-0.05, 0) is 18.2 Å². The summed E-state index contributed by atoms with van der Waals surface area (Å²) in [5, 5.41) is 9.93. The largest absolute Gasteiger partial charge is 0.423 e. The highest BCUT2D eigenvalue weighted by atomic mass is 16.4. The van der Waals surface area contributed by atoms with Crippen LogP contribution in [0.5, 0.6) is 0 Å². The van der Waals surface area contributed by atoms with E-state index >= 15 is 0 Å². The van der Waals surface area contributed by atoms with Gasteiger partial charge in [-0.15, -0.1) is 10.2 Å². The number of nitrogens with one attached hydrogen (secondary N) is 1. The summed E-state index contributed by atoms with van der Waals surface area (Å²) in [7, 11) is 0. The van der Waals surface area contributed by atoms with Crippen molar-refractivity contribution in [3.8, 4) is 11.5 Å². The molecule has 104 valence electrons. The molecule has 1 unspecified atom stereocenters. The van der Waals surface area contributed by atoms with Crippen molar-refractivity contribution in [1.29, 1.82) is 0 Å². The van der Waals surface area contributed by atoms with Gasteiger partial charge in [-0.2, -0.15) is 0 Å². The first kappa shape index (κ1) is 13.7. The quantitative estimate of drug-likeness (QED) is 0.695. The Morgan fingerprint density at radius 3 is 2.85 bits per heavy atom. The molecule has 2 amide bonds. The van der Waals surface area contributed by atoms with Crippen molar-refractivity contribution in [3.63, 3.8) is 0 Å². The second-order valence-corrected chi connectivity index (χ2v) is 4.09. The van der Waals surface area contributed by atoms with Crippen LogP contribution in [0.2, 0.25) is 0 Å². The molecule has 20 heavy (non-hydrogen) atoms. The Hall–Kier alpha value is -2.74. The van der Waals surface area contributed by atoms with Crippen LogP contribution < -0.4 is 16.8 Å². The van der Waals surface area contributed by atoms with E-state index in [1.165, 1.54) is 6.39 Å². The zero-order valence-corrected chi connectivity index (χ0v) is 10.4. The number of benzene rings is 1. The SMILES string of the molecule is NC(=O)CC(N)C(=O)Nc1cccc(-c2nnco2)c1. The number of nitrogens with two attached hydrogens (primary N) is 2. The lowest BCUT2D eigenvalue weighted by Crippen LogP contribution is -2.38. The van der Waals surface area contributed by atoms with Gasteiger partial charge in [-0.25, -0.2) is 0 Å². The summed E-state index contributed by atoms with van der Waals surface area (Å²) in [5.41, 5.74) is 11.7. The lowest BCUT2D eigenvalue weighted by atomic mass is 10.1. The van der Waals surface area contributed by atoms with Crippen LogP contribution in [0.1, 0.15) is 6.42 Å². The highest BCUT2D eigenvalue weighted by Crippen LogP contribution is 2.20. The summed E-state index contributed by atoms with van der Waals surface area (Å²) in [5.74, 6) is -0.790. The van der Waals surface area contributed by atoms with E-state index in [4.69, 9.17) is 15.9 Å². The summed E-state index contributed by atoms with van der Waals surface area (Å²) in [4.78, 5) is 22.5. The van der Waals surface area contributed by atoms with Gasteiger partial charge in [-0.3, -0.25) is 9.59 Å². The van der Waals surface area contributed by atoms with Crippen LogP contribution in [0.25, 0.3) is 11.5 Å². The first-order valence-corrected chi connectivity index (χ1v) is 5.77. The number of carbonyl (C=O) groups excluding carboxylic acids is 2. The fourth-order valence-electron chi connectivity index (χ4n) is 1.57. The summed E-state index contributed by atoms with van der Waals surface area (Å²) >= 11 is 0. The molecule has 1 aromatic heterocycles. The van der Waals surface area contributed by atoms with E-state index in [0.29, 0.717) is 17.1 Å². The van der Waals surface area contributed by atoms with Crippen LogP contribution in [-0.4, -0.2) is 28.1 Å². The molecule has 0 aliphatic rings. The van der Waals surface area contributed by atoms with Gasteiger partial charge in [0.2, 0.25) is 24.1 Å². The van der Waals surface area contributed by atoms with Gasteiger partial charge in [-0.1, -0.05) is 6.07 Å². The van der Waals surface area contributed by atoms with Gasteiger partial charge < -0.3 is 21.2 Å². The van der Waals surface area contributed by atoms with Gasteiger partial charge in [0.05, 0.1) is 12.5 Å². The Bertz CT molecular complexity index is 611. The number of aromatic nitrogens is 2. The molecule has 0 saturated carbocycles. The fraction of sp³-hybridized carbons (Fsp3) is 0.167. The first-order valence-electron chi connectivity index (χ1n) is 5.77. The average Bonchev–Trinajstić information content (AvgIpc) is 2.92. The van der Waals surface area contributed by atoms with E-state index in [1.807, 2.05) is 0 Å². The van der Waals surface area contributed by atoms with Crippen molar-refractivity contribution in [2.45, 2.75) is 12.5 Å². The Morgan fingerprint density at radius 1 is 1.40 bits per heavy atom. The lowest BCUT2D eigenvalue weighted by molar-refractivity contribution is -0.123. The van der Waals surface area contributed by atoms with Crippen LogP contribution in [0.4, 0.5) is 5.69 Å². The van der Waals surface area contributed by atoms with Crippen molar-refractivity contribution in [3.05, 3.63) is 30.7 Å². The van der Waals surface area contributed by atoms with E-state index < -0.39 is 17.9 Å².